The number of fused-ring (bicyclic) bond motifs is 1. The first kappa shape index (κ1) is 26.9. The van der Waals surface area contributed by atoms with Crippen LogP contribution in [0.15, 0.2) is 115 Å². The standard InChI is InChI=1S/C37H37NO3/c1-26(29-18-10-12-20-34(29)40-2)36(39)38-24-32-30(31-19-11-13-21-35(31)41-3)22-23-37(33(32)25-38,27-14-6-4-7-15-27)28-16-8-5-9-17-28/h4-22,26,32-33H,23-25H2,1-3H3/t26-,32-,33-/m0/s1. The lowest BCUT2D eigenvalue weighted by atomic mass is 9.56. The molecule has 0 spiro atoms. The molecule has 4 aromatic rings. The molecule has 1 saturated heterocycles. The minimum absolute atomic E-state index is 0.137. The lowest BCUT2D eigenvalue weighted by Crippen LogP contribution is -2.43. The van der Waals surface area contributed by atoms with Crippen LogP contribution in [0.5, 0.6) is 11.5 Å². The highest BCUT2D eigenvalue weighted by Crippen LogP contribution is 2.56. The number of nitrogens with zero attached hydrogens (tertiary/aromatic N) is 1. The van der Waals surface area contributed by atoms with Crippen LogP contribution in [-0.4, -0.2) is 38.1 Å². The van der Waals surface area contributed by atoms with Gasteiger partial charge in [-0.1, -0.05) is 103 Å². The second kappa shape index (κ2) is 11.3. The van der Waals surface area contributed by atoms with Gasteiger partial charge in [0.2, 0.25) is 5.91 Å². The normalized spacial score (nSPS) is 20.1. The summed E-state index contributed by atoms with van der Waals surface area (Å²) in [6.07, 6.45) is 3.26. The van der Waals surface area contributed by atoms with E-state index in [1.165, 1.54) is 16.7 Å². The average molecular weight is 544 g/mol. The zero-order valence-corrected chi connectivity index (χ0v) is 24.0. The predicted molar refractivity (Wildman–Crippen MR) is 164 cm³/mol. The van der Waals surface area contributed by atoms with E-state index in [0.29, 0.717) is 13.1 Å². The summed E-state index contributed by atoms with van der Waals surface area (Å²) >= 11 is 0. The molecule has 0 unspecified atom stereocenters. The monoisotopic (exact) mass is 543 g/mol. The van der Waals surface area contributed by atoms with Gasteiger partial charge in [0.1, 0.15) is 11.5 Å². The van der Waals surface area contributed by atoms with Crippen LogP contribution in [0.25, 0.3) is 5.57 Å². The second-order valence-electron chi connectivity index (χ2n) is 11.2. The zero-order chi connectivity index (χ0) is 28.4. The number of benzene rings is 4. The molecule has 1 fully saturated rings. The first-order valence-corrected chi connectivity index (χ1v) is 14.4. The van der Waals surface area contributed by atoms with Gasteiger partial charge in [-0.15, -0.1) is 0 Å². The molecule has 1 aliphatic heterocycles. The Bertz CT molecular complexity index is 1510. The summed E-state index contributed by atoms with van der Waals surface area (Å²) < 4.78 is 11.5. The summed E-state index contributed by atoms with van der Waals surface area (Å²) in [5, 5.41) is 0. The van der Waals surface area contributed by atoms with Crippen LogP contribution >= 0.6 is 0 Å². The third-order valence-electron chi connectivity index (χ3n) is 9.28. The summed E-state index contributed by atoms with van der Waals surface area (Å²) in [6, 6.07) is 37.9. The van der Waals surface area contributed by atoms with Crippen LogP contribution in [0.1, 0.15) is 41.5 Å². The Morgan fingerprint density at radius 3 is 1.95 bits per heavy atom. The van der Waals surface area contributed by atoms with Gasteiger partial charge in [0.25, 0.3) is 0 Å². The molecule has 0 N–H and O–H groups in total. The van der Waals surface area contributed by atoms with Crippen LogP contribution in [0.4, 0.5) is 0 Å². The highest BCUT2D eigenvalue weighted by molar-refractivity contribution is 5.85. The summed E-state index contributed by atoms with van der Waals surface area (Å²) in [5.74, 6) is 1.78. The molecule has 0 saturated carbocycles. The molecule has 0 bridgehead atoms. The molecular weight excluding hydrogens is 506 g/mol. The van der Waals surface area contributed by atoms with E-state index in [4.69, 9.17) is 9.47 Å². The number of rotatable bonds is 7. The van der Waals surface area contributed by atoms with Crippen molar-refractivity contribution in [2.24, 2.45) is 11.8 Å². The number of allylic oxidation sites excluding steroid dienone is 1. The van der Waals surface area contributed by atoms with E-state index in [1.807, 2.05) is 43.3 Å². The molecular formula is C37H37NO3. The van der Waals surface area contributed by atoms with Crippen molar-refractivity contribution in [2.75, 3.05) is 27.3 Å². The maximum atomic E-state index is 14.2. The quantitative estimate of drug-likeness (QED) is 0.245. The third kappa shape index (κ3) is 4.61. The van der Waals surface area contributed by atoms with Crippen molar-refractivity contribution in [1.82, 2.24) is 4.90 Å². The summed E-state index contributed by atoms with van der Waals surface area (Å²) in [4.78, 5) is 16.3. The number of likely N-dealkylation sites (tertiary alicyclic amines) is 1. The first-order valence-electron chi connectivity index (χ1n) is 14.4. The maximum absolute atomic E-state index is 14.2. The smallest absolute Gasteiger partial charge is 0.230 e. The molecule has 1 aliphatic carbocycles. The Hall–Kier alpha value is -4.31. The lowest BCUT2D eigenvalue weighted by molar-refractivity contribution is -0.131. The molecule has 6 rings (SSSR count). The Labute approximate surface area is 243 Å². The van der Waals surface area contributed by atoms with Gasteiger partial charge >= 0.3 is 0 Å². The van der Waals surface area contributed by atoms with Gasteiger partial charge in [0.05, 0.1) is 20.1 Å². The van der Waals surface area contributed by atoms with E-state index in [1.54, 1.807) is 14.2 Å². The van der Waals surface area contributed by atoms with Gasteiger partial charge < -0.3 is 14.4 Å². The summed E-state index contributed by atoms with van der Waals surface area (Å²) in [7, 11) is 3.40. The SMILES string of the molecule is COc1ccccc1C1=CCC(c2ccccc2)(c2ccccc2)[C@H]2CN(C(=O)[C@@H](C)c3ccccc3OC)C[C@@H]12. The first-order chi connectivity index (χ1) is 20.1. The molecule has 1 heterocycles. The Morgan fingerprint density at radius 1 is 0.756 bits per heavy atom. The topological polar surface area (TPSA) is 38.8 Å². The van der Waals surface area contributed by atoms with E-state index in [-0.39, 0.29) is 29.1 Å². The average Bonchev–Trinajstić information content (AvgIpc) is 3.50. The van der Waals surface area contributed by atoms with Gasteiger partial charge in [0.15, 0.2) is 0 Å². The highest BCUT2D eigenvalue weighted by Gasteiger charge is 2.53. The highest BCUT2D eigenvalue weighted by atomic mass is 16.5. The maximum Gasteiger partial charge on any atom is 0.230 e. The van der Waals surface area contributed by atoms with Crippen LogP contribution in [0, 0.1) is 11.8 Å². The van der Waals surface area contributed by atoms with Crippen molar-refractivity contribution >= 4 is 11.5 Å². The molecule has 208 valence electrons. The predicted octanol–water partition coefficient (Wildman–Crippen LogP) is 7.36. The molecule has 41 heavy (non-hydrogen) atoms. The lowest BCUT2D eigenvalue weighted by Gasteiger charge is -2.46. The Kier molecular flexibility index (Phi) is 7.40. The van der Waals surface area contributed by atoms with Crippen molar-refractivity contribution in [3.63, 3.8) is 0 Å². The van der Waals surface area contributed by atoms with Gasteiger partial charge in [-0.25, -0.2) is 0 Å². The molecule has 4 heteroatoms. The molecule has 0 radical (unpaired) electrons. The van der Waals surface area contributed by atoms with Crippen molar-refractivity contribution in [1.29, 1.82) is 0 Å². The van der Waals surface area contributed by atoms with Gasteiger partial charge in [0, 0.05) is 35.5 Å². The molecule has 0 aromatic heterocycles. The number of ether oxygens (including phenoxy) is 2. The fourth-order valence-corrected chi connectivity index (χ4v) is 7.30. The molecule has 4 aromatic carbocycles. The third-order valence-corrected chi connectivity index (χ3v) is 9.28. The van der Waals surface area contributed by atoms with Crippen molar-refractivity contribution in [2.45, 2.75) is 24.7 Å². The van der Waals surface area contributed by atoms with Gasteiger partial charge in [-0.05, 0) is 48.1 Å². The van der Waals surface area contributed by atoms with Crippen LogP contribution < -0.4 is 9.47 Å². The van der Waals surface area contributed by atoms with Crippen LogP contribution in [-0.2, 0) is 10.2 Å². The van der Waals surface area contributed by atoms with E-state index < -0.39 is 0 Å². The molecule has 2 aliphatic rings. The van der Waals surface area contributed by atoms with E-state index >= 15 is 0 Å². The van der Waals surface area contributed by atoms with Crippen LogP contribution in [0.3, 0.4) is 0 Å². The zero-order valence-electron chi connectivity index (χ0n) is 24.0. The summed E-state index contributed by atoms with van der Waals surface area (Å²) in [5.41, 5.74) is 5.64. The van der Waals surface area contributed by atoms with Crippen molar-refractivity contribution in [3.05, 3.63) is 138 Å². The number of carbonyl (C=O) groups excluding carboxylic acids is 1. The number of amides is 1. The number of hydrogen-bond acceptors (Lipinski definition) is 3. The van der Waals surface area contributed by atoms with Crippen molar-refractivity contribution in [3.8, 4) is 11.5 Å². The minimum atomic E-state index is -0.312. The van der Waals surface area contributed by atoms with Crippen molar-refractivity contribution < 1.29 is 14.3 Å². The molecule has 1 amide bonds. The molecule has 4 nitrogen and oxygen atoms in total. The fraction of sp³-hybridized carbons (Fsp3) is 0.270. The number of hydrogen-bond donors (Lipinski definition) is 0. The van der Waals surface area contributed by atoms with E-state index in [2.05, 4.69) is 83.8 Å². The Balaban J connectivity index is 1.48. The second-order valence-corrected chi connectivity index (χ2v) is 11.2. The van der Waals surface area contributed by atoms with Gasteiger partial charge in [-0.3, -0.25) is 4.79 Å². The number of para-hydroxylation sites is 2. The largest absolute Gasteiger partial charge is 0.496 e. The summed E-state index contributed by atoms with van der Waals surface area (Å²) in [6.45, 7) is 3.34. The van der Waals surface area contributed by atoms with Crippen LogP contribution in [0.2, 0.25) is 0 Å². The van der Waals surface area contributed by atoms with Gasteiger partial charge in [-0.2, -0.15) is 0 Å². The number of methoxy groups -OCH3 is 2. The number of carbonyl (C=O) groups is 1. The Morgan fingerprint density at radius 2 is 1.32 bits per heavy atom. The fourth-order valence-electron chi connectivity index (χ4n) is 7.30. The van der Waals surface area contributed by atoms with E-state index in [9.17, 15) is 4.79 Å². The minimum Gasteiger partial charge on any atom is -0.496 e. The molecule has 3 atom stereocenters. The van der Waals surface area contributed by atoms with E-state index in [0.717, 1.165) is 29.0 Å².